The molecule has 16 heavy (non-hydrogen) atoms. The lowest BCUT2D eigenvalue weighted by Gasteiger charge is -2.02. The highest BCUT2D eigenvalue weighted by Gasteiger charge is 2.19. The van der Waals surface area contributed by atoms with E-state index in [2.05, 4.69) is 34.2 Å². The molecule has 1 saturated carbocycles. The molecule has 0 unspecified atom stereocenters. The number of thiophene rings is 1. The summed E-state index contributed by atoms with van der Waals surface area (Å²) in [7, 11) is 0. The molecule has 0 amide bonds. The van der Waals surface area contributed by atoms with Crippen LogP contribution in [0.3, 0.4) is 0 Å². The lowest BCUT2D eigenvalue weighted by Crippen LogP contribution is -2.17. The minimum atomic E-state index is 0.870. The standard InChI is InChI=1S/C13H20BrNS/c1-10-11(9-13(14)16-10)5-3-2-4-8-15-12-6-7-12/h9,12,15H,2-8H2,1H3. The first-order chi connectivity index (χ1) is 7.75. The number of hydrogen-bond acceptors (Lipinski definition) is 2. The van der Waals surface area contributed by atoms with Crippen LogP contribution in [-0.2, 0) is 6.42 Å². The van der Waals surface area contributed by atoms with Gasteiger partial charge in [0.05, 0.1) is 3.79 Å². The van der Waals surface area contributed by atoms with Crippen molar-refractivity contribution in [1.82, 2.24) is 5.32 Å². The Balaban J connectivity index is 1.54. The molecule has 1 fully saturated rings. The monoisotopic (exact) mass is 301 g/mol. The largest absolute Gasteiger partial charge is 0.314 e. The minimum absolute atomic E-state index is 0.870. The van der Waals surface area contributed by atoms with E-state index < -0.39 is 0 Å². The van der Waals surface area contributed by atoms with Gasteiger partial charge in [-0.25, -0.2) is 0 Å². The number of halogens is 1. The fraction of sp³-hybridized carbons (Fsp3) is 0.692. The highest BCUT2D eigenvalue weighted by Crippen LogP contribution is 2.27. The van der Waals surface area contributed by atoms with E-state index in [-0.39, 0.29) is 0 Å². The quantitative estimate of drug-likeness (QED) is 0.741. The Morgan fingerprint density at radius 3 is 2.81 bits per heavy atom. The fourth-order valence-electron chi connectivity index (χ4n) is 1.94. The van der Waals surface area contributed by atoms with Crippen LogP contribution in [0, 0.1) is 6.92 Å². The average Bonchev–Trinajstić information content (AvgIpc) is 2.99. The number of rotatable bonds is 7. The number of nitrogens with one attached hydrogen (secondary N) is 1. The van der Waals surface area contributed by atoms with Gasteiger partial charge in [0.25, 0.3) is 0 Å². The van der Waals surface area contributed by atoms with Gasteiger partial charge in [-0.15, -0.1) is 11.3 Å². The van der Waals surface area contributed by atoms with Gasteiger partial charge >= 0.3 is 0 Å². The van der Waals surface area contributed by atoms with Crippen molar-refractivity contribution in [3.05, 3.63) is 20.3 Å². The summed E-state index contributed by atoms with van der Waals surface area (Å²) in [5.74, 6) is 0. The third-order valence-corrected chi connectivity index (χ3v) is 4.72. The Hall–Kier alpha value is 0.140. The molecule has 1 aromatic rings. The number of unbranched alkanes of at least 4 members (excludes halogenated alkanes) is 2. The van der Waals surface area contributed by atoms with Crippen LogP contribution in [0.25, 0.3) is 0 Å². The van der Waals surface area contributed by atoms with Crippen LogP contribution in [0.2, 0.25) is 0 Å². The summed E-state index contributed by atoms with van der Waals surface area (Å²) in [6.07, 6.45) is 8.07. The Kier molecular flexibility index (Phi) is 4.86. The Morgan fingerprint density at radius 2 is 2.19 bits per heavy atom. The van der Waals surface area contributed by atoms with Gasteiger partial charge in [0, 0.05) is 10.9 Å². The van der Waals surface area contributed by atoms with Crippen LogP contribution in [0.4, 0.5) is 0 Å². The van der Waals surface area contributed by atoms with Crippen LogP contribution in [0.1, 0.15) is 42.5 Å². The van der Waals surface area contributed by atoms with Crippen molar-refractivity contribution < 1.29 is 0 Å². The lowest BCUT2D eigenvalue weighted by atomic mass is 10.1. The van der Waals surface area contributed by atoms with Crippen LogP contribution < -0.4 is 5.32 Å². The first-order valence-electron chi connectivity index (χ1n) is 6.24. The normalized spacial score (nSPS) is 15.6. The zero-order valence-corrected chi connectivity index (χ0v) is 12.3. The van der Waals surface area contributed by atoms with Gasteiger partial charge in [-0.1, -0.05) is 6.42 Å². The molecule has 1 aliphatic rings. The van der Waals surface area contributed by atoms with Crippen molar-refractivity contribution in [2.45, 2.75) is 51.5 Å². The Labute approximate surface area is 111 Å². The van der Waals surface area contributed by atoms with Crippen LogP contribution in [0.5, 0.6) is 0 Å². The molecule has 1 N–H and O–H groups in total. The van der Waals surface area contributed by atoms with E-state index in [1.54, 1.807) is 0 Å². The van der Waals surface area contributed by atoms with E-state index in [0.717, 1.165) is 6.04 Å². The molecule has 1 nitrogen and oxygen atoms in total. The molecule has 0 aliphatic heterocycles. The summed E-state index contributed by atoms with van der Waals surface area (Å²) in [6, 6.07) is 3.15. The summed E-state index contributed by atoms with van der Waals surface area (Å²) in [4.78, 5) is 1.47. The van der Waals surface area contributed by atoms with Gasteiger partial charge in [0.1, 0.15) is 0 Å². The van der Waals surface area contributed by atoms with Crippen LogP contribution in [-0.4, -0.2) is 12.6 Å². The number of aryl methyl sites for hydroxylation is 2. The molecular weight excluding hydrogens is 282 g/mol. The summed E-state index contributed by atoms with van der Waals surface area (Å²) in [5.41, 5.74) is 1.53. The van der Waals surface area contributed by atoms with E-state index in [1.165, 1.54) is 59.3 Å². The third kappa shape index (κ3) is 4.19. The summed E-state index contributed by atoms with van der Waals surface area (Å²) >= 11 is 5.40. The van der Waals surface area contributed by atoms with Gasteiger partial charge in [0.2, 0.25) is 0 Å². The second kappa shape index (κ2) is 6.18. The van der Waals surface area contributed by atoms with E-state index in [0.29, 0.717) is 0 Å². The zero-order chi connectivity index (χ0) is 11.4. The highest BCUT2D eigenvalue weighted by molar-refractivity contribution is 9.11. The molecule has 90 valence electrons. The maximum atomic E-state index is 3.57. The first kappa shape index (κ1) is 12.6. The SMILES string of the molecule is Cc1sc(Br)cc1CCCCCNC1CC1. The van der Waals surface area contributed by atoms with Crippen molar-refractivity contribution in [3.8, 4) is 0 Å². The van der Waals surface area contributed by atoms with Gasteiger partial charge in [-0.05, 0) is 73.1 Å². The zero-order valence-electron chi connectivity index (χ0n) is 9.89. The molecular formula is C13H20BrNS. The summed E-state index contributed by atoms with van der Waals surface area (Å²) in [5, 5.41) is 3.57. The molecule has 0 bridgehead atoms. The molecule has 0 saturated heterocycles. The molecule has 0 spiro atoms. The molecule has 0 aromatic carbocycles. The minimum Gasteiger partial charge on any atom is -0.314 e. The second-order valence-electron chi connectivity index (χ2n) is 4.67. The predicted octanol–water partition coefficient (Wildman–Crippen LogP) is 4.28. The van der Waals surface area contributed by atoms with E-state index >= 15 is 0 Å². The maximum absolute atomic E-state index is 3.57. The lowest BCUT2D eigenvalue weighted by molar-refractivity contribution is 0.600. The molecule has 1 heterocycles. The molecule has 3 heteroatoms. The summed E-state index contributed by atoms with van der Waals surface area (Å²) in [6.45, 7) is 3.44. The van der Waals surface area contributed by atoms with Gasteiger partial charge in [0.15, 0.2) is 0 Å². The van der Waals surface area contributed by atoms with E-state index in [1.807, 2.05) is 11.3 Å². The van der Waals surface area contributed by atoms with Gasteiger partial charge in [-0.3, -0.25) is 0 Å². The van der Waals surface area contributed by atoms with Crippen LogP contribution >= 0.6 is 27.3 Å². The average molecular weight is 302 g/mol. The number of hydrogen-bond donors (Lipinski definition) is 1. The molecule has 0 atom stereocenters. The van der Waals surface area contributed by atoms with E-state index in [9.17, 15) is 0 Å². The summed E-state index contributed by atoms with van der Waals surface area (Å²) < 4.78 is 1.27. The topological polar surface area (TPSA) is 12.0 Å². The second-order valence-corrected chi connectivity index (χ2v) is 7.31. The smallest absolute Gasteiger partial charge is 0.0704 e. The third-order valence-electron chi connectivity index (χ3n) is 3.12. The van der Waals surface area contributed by atoms with Crippen molar-refractivity contribution in [2.24, 2.45) is 0 Å². The van der Waals surface area contributed by atoms with E-state index in [4.69, 9.17) is 0 Å². The Morgan fingerprint density at radius 1 is 1.38 bits per heavy atom. The van der Waals surface area contributed by atoms with Gasteiger partial charge in [-0.2, -0.15) is 0 Å². The molecule has 1 aliphatic carbocycles. The van der Waals surface area contributed by atoms with Crippen molar-refractivity contribution in [1.29, 1.82) is 0 Å². The van der Waals surface area contributed by atoms with Crippen LogP contribution in [0.15, 0.2) is 9.85 Å². The molecule has 0 radical (unpaired) electrons. The molecule has 1 aromatic heterocycles. The first-order valence-corrected chi connectivity index (χ1v) is 7.85. The highest BCUT2D eigenvalue weighted by atomic mass is 79.9. The fourth-order valence-corrected chi connectivity index (χ4v) is 3.73. The van der Waals surface area contributed by atoms with Crippen molar-refractivity contribution in [2.75, 3.05) is 6.54 Å². The Bertz CT molecular complexity index is 331. The van der Waals surface area contributed by atoms with Gasteiger partial charge < -0.3 is 5.32 Å². The van der Waals surface area contributed by atoms with Crippen molar-refractivity contribution >= 4 is 27.3 Å². The maximum Gasteiger partial charge on any atom is 0.0704 e. The molecule has 2 rings (SSSR count). The van der Waals surface area contributed by atoms with Crippen molar-refractivity contribution in [3.63, 3.8) is 0 Å². The predicted molar refractivity (Wildman–Crippen MR) is 75.3 cm³/mol.